The highest BCUT2D eigenvalue weighted by Gasteiger charge is 2.24. The summed E-state index contributed by atoms with van der Waals surface area (Å²) in [5.74, 6) is 0.323. The Labute approximate surface area is 158 Å². The van der Waals surface area contributed by atoms with Gasteiger partial charge in [-0.1, -0.05) is 19.1 Å². The van der Waals surface area contributed by atoms with Crippen molar-refractivity contribution in [3.8, 4) is 0 Å². The number of fused-ring (bicyclic) bond motifs is 1. The summed E-state index contributed by atoms with van der Waals surface area (Å²) in [6, 6.07) is 6.50. The molecular weight excluding hydrogens is 370 g/mol. The van der Waals surface area contributed by atoms with Crippen molar-refractivity contribution in [2.75, 3.05) is 14.1 Å². The van der Waals surface area contributed by atoms with Crippen molar-refractivity contribution in [1.29, 1.82) is 0 Å². The lowest BCUT2D eigenvalue weighted by Crippen LogP contribution is -2.22. The summed E-state index contributed by atoms with van der Waals surface area (Å²) in [5.41, 5.74) is 2.44. The smallest absolute Gasteiger partial charge is 0.339 e. The molecule has 5 nitrogen and oxygen atoms in total. The van der Waals surface area contributed by atoms with Crippen molar-refractivity contribution in [3.63, 3.8) is 0 Å². The largest absolute Gasteiger partial charge is 0.457 e. The molecule has 0 bridgehead atoms. The van der Waals surface area contributed by atoms with Gasteiger partial charge in [0.15, 0.2) is 0 Å². The van der Waals surface area contributed by atoms with Crippen LogP contribution < -0.4 is 0 Å². The number of thiophene rings is 1. The zero-order chi connectivity index (χ0) is 18.9. The van der Waals surface area contributed by atoms with E-state index in [1.54, 1.807) is 29.5 Å². The topological polar surface area (TPSA) is 63.7 Å². The number of nitrogens with zero attached hydrogens (tertiary/aromatic N) is 1. The number of rotatable bonds is 5. The van der Waals surface area contributed by atoms with Gasteiger partial charge in [0.05, 0.1) is 10.5 Å². The Morgan fingerprint density at radius 3 is 2.85 bits per heavy atom. The highest BCUT2D eigenvalue weighted by atomic mass is 32.2. The third-order valence-corrected chi connectivity index (χ3v) is 7.53. The quantitative estimate of drug-likeness (QED) is 0.730. The van der Waals surface area contributed by atoms with Gasteiger partial charge >= 0.3 is 5.97 Å². The summed E-state index contributed by atoms with van der Waals surface area (Å²) in [5, 5.41) is 1.89. The van der Waals surface area contributed by atoms with E-state index in [-0.39, 0.29) is 17.5 Å². The number of benzene rings is 1. The lowest BCUT2D eigenvalue weighted by Gasteiger charge is -2.18. The van der Waals surface area contributed by atoms with E-state index in [0.29, 0.717) is 17.0 Å². The molecule has 0 saturated carbocycles. The molecule has 1 aromatic carbocycles. The number of sulfonamides is 1. The van der Waals surface area contributed by atoms with Gasteiger partial charge in [0.25, 0.3) is 0 Å². The first-order valence-electron chi connectivity index (χ1n) is 8.57. The Kier molecular flexibility index (Phi) is 5.50. The molecule has 1 aliphatic rings. The summed E-state index contributed by atoms with van der Waals surface area (Å²) in [4.78, 5) is 14.0. The molecule has 1 aromatic heterocycles. The van der Waals surface area contributed by atoms with E-state index in [1.165, 1.54) is 25.0 Å². The maximum atomic E-state index is 12.5. The van der Waals surface area contributed by atoms with Crippen molar-refractivity contribution < 1.29 is 17.9 Å². The maximum absolute atomic E-state index is 12.5. The number of carbonyl (C=O) groups is 1. The van der Waals surface area contributed by atoms with Crippen LogP contribution in [0, 0.1) is 5.92 Å². The SMILES string of the molecule is CC1CCc2c(C(=O)OCc3cccc(S(=O)(=O)N(C)C)c3)csc2C1. The minimum absolute atomic E-state index is 0.0522. The van der Waals surface area contributed by atoms with Crippen LogP contribution in [-0.2, 0) is 34.2 Å². The molecule has 0 N–H and O–H groups in total. The Balaban J connectivity index is 1.71. The number of esters is 1. The molecule has 26 heavy (non-hydrogen) atoms. The fraction of sp³-hybridized carbons (Fsp3) is 0.421. The molecular formula is C19H23NO4S2. The van der Waals surface area contributed by atoms with Crippen LogP contribution in [-0.4, -0.2) is 32.8 Å². The second kappa shape index (κ2) is 7.50. The number of hydrogen-bond acceptors (Lipinski definition) is 5. The van der Waals surface area contributed by atoms with Gasteiger partial charge in [0.1, 0.15) is 6.61 Å². The molecule has 0 fully saturated rings. The zero-order valence-electron chi connectivity index (χ0n) is 15.2. The van der Waals surface area contributed by atoms with Gasteiger partial charge in [-0.15, -0.1) is 11.3 Å². The molecule has 7 heteroatoms. The van der Waals surface area contributed by atoms with Crippen LogP contribution in [0.25, 0.3) is 0 Å². The highest BCUT2D eigenvalue weighted by molar-refractivity contribution is 7.89. The van der Waals surface area contributed by atoms with Crippen molar-refractivity contribution in [2.45, 2.75) is 37.7 Å². The first-order chi connectivity index (χ1) is 12.3. The fourth-order valence-electron chi connectivity index (χ4n) is 3.08. The zero-order valence-corrected chi connectivity index (χ0v) is 16.8. The molecule has 1 unspecified atom stereocenters. The molecule has 1 heterocycles. The number of hydrogen-bond donors (Lipinski definition) is 0. The molecule has 0 spiro atoms. The van der Waals surface area contributed by atoms with Crippen molar-refractivity contribution in [3.05, 3.63) is 51.2 Å². The van der Waals surface area contributed by atoms with E-state index >= 15 is 0 Å². The van der Waals surface area contributed by atoms with Gasteiger partial charge in [-0.05, 0) is 48.4 Å². The van der Waals surface area contributed by atoms with E-state index in [0.717, 1.165) is 29.1 Å². The van der Waals surface area contributed by atoms with Gasteiger partial charge in [-0.25, -0.2) is 17.5 Å². The summed E-state index contributed by atoms with van der Waals surface area (Å²) in [7, 11) is -0.527. The van der Waals surface area contributed by atoms with Gasteiger partial charge in [-0.2, -0.15) is 0 Å². The minimum atomic E-state index is -3.50. The highest BCUT2D eigenvalue weighted by Crippen LogP contribution is 2.33. The lowest BCUT2D eigenvalue weighted by atomic mass is 9.88. The van der Waals surface area contributed by atoms with E-state index in [4.69, 9.17) is 4.74 Å². The van der Waals surface area contributed by atoms with Crippen LogP contribution in [0.2, 0.25) is 0 Å². The average molecular weight is 394 g/mol. The summed E-state index contributed by atoms with van der Waals surface area (Å²) >= 11 is 1.63. The number of carbonyl (C=O) groups excluding carboxylic acids is 1. The lowest BCUT2D eigenvalue weighted by molar-refractivity contribution is 0.0471. The van der Waals surface area contributed by atoms with Crippen LogP contribution in [0.1, 0.15) is 39.7 Å². The van der Waals surface area contributed by atoms with Gasteiger partial charge in [0, 0.05) is 24.4 Å². The normalized spacial score (nSPS) is 17.2. The molecule has 1 atom stereocenters. The van der Waals surface area contributed by atoms with Crippen LogP contribution in [0.4, 0.5) is 0 Å². The minimum Gasteiger partial charge on any atom is -0.457 e. The molecule has 1 aliphatic carbocycles. The van der Waals surface area contributed by atoms with Gasteiger partial charge in [0.2, 0.25) is 10.0 Å². The average Bonchev–Trinajstić information content (AvgIpc) is 3.02. The third kappa shape index (κ3) is 3.84. The van der Waals surface area contributed by atoms with Crippen molar-refractivity contribution >= 4 is 27.3 Å². The molecule has 140 valence electrons. The van der Waals surface area contributed by atoms with Crippen molar-refractivity contribution in [2.24, 2.45) is 5.92 Å². The van der Waals surface area contributed by atoms with Crippen LogP contribution in [0.15, 0.2) is 34.5 Å². The molecule has 3 rings (SSSR count). The van der Waals surface area contributed by atoms with E-state index < -0.39 is 10.0 Å². The summed E-state index contributed by atoms with van der Waals surface area (Å²) in [6.45, 7) is 2.28. The predicted molar refractivity (Wildman–Crippen MR) is 102 cm³/mol. The fourth-order valence-corrected chi connectivity index (χ4v) is 5.29. The van der Waals surface area contributed by atoms with E-state index in [1.807, 2.05) is 5.38 Å². The first kappa shape index (κ1) is 19.1. The second-order valence-electron chi connectivity index (χ2n) is 6.91. The Morgan fingerprint density at radius 2 is 2.12 bits per heavy atom. The number of ether oxygens (including phenoxy) is 1. The Bertz CT molecular complexity index is 915. The first-order valence-corrected chi connectivity index (χ1v) is 10.9. The molecule has 2 aromatic rings. The summed E-state index contributed by atoms with van der Waals surface area (Å²) < 4.78 is 31.0. The second-order valence-corrected chi connectivity index (χ2v) is 10.0. The van der Waals surface area contributed by atoms with Crippen LogP contribution in [0.5, 0.6) is 0 Å². The van der Waals surface area contributed by atoms with Gasteiger partial charge in [-0.3, -0.25) is 0 Å². The Hall–Kier alpha value is -1.70. The maximum Gasteiger partial charge on any atom is 0.339 e. The van der Waals surface area contributed by atoms with Crippen LogP contribution in [0.3, 0.4) is 0 Å². The summed E-state index contributed by atoms with van der Waals surface area (Å²) in [6.07, 6.45) is 3.03. The molecule has 0 radical (unpaired) electrons. The van der Waals surface area contributed by atoms with E-state index in [2.05, 4.69) is 6.92 Å². The standard InChI is InChI=1S/C19H23NO4S2/c1-13-7-8-16-17(12-25-18(16)9-13)19(21)24-11-14-5-4-6-15(10-14)26(22,23)20(2)3/h4-6,10,12-13H,7-9,11H2,1-3H3. The van der Waals surface area contributed by atoms with Crippen LogP contribution >= 0.6 is 11.3 Å². The third-order valence-electron chi connectivity index (χ3n) is 4.67. The van der Waals surface area contributed by atoms with Gasteiger partial charge < -0.3 is 4.74 Å². The molecule has 0 amide bonds. The molecule has 0 saturated heterocycles. The predicted octanol–water partition coefficient (Wildman–Crippen LogP) is 3.48. The monoisotopic (exact) mass is 393 g/mol. The molecule has 0 aliphatic heterocycles. The van der Waals surface area contributed by atoms with Crippen molar-refractivity contribution in [1.82, 2.24) is 4.31 Å². The Morgan fingerprint density at radius 1 is 1.35 bits per heavy atom. The van der Waals surface area contributed by atoms with E-state index in [9.17, 15) is 13.2 Å².